The van der Waals surface area contributed by atoms with Crippen LogP contribution in [0.3, 0.4) is 0 Å². The Balaban J connectivity index is 1.35. The first-order chi connectivity index (χ1) is 14.0. The normalized spacial score (nSPS) is 16.1. The largest absolute Gasteiger partial charge is 0.398 e. The summed E-state index contributed by atoms with van der Waals surface area (Å²) in [6, 6.07) is 7.73. The average Bonchev–Trinajstić information content (AvgIpc) is 2.68. The Hall–Kier alpha value is -1.40. The predicted molar refractivity (Wildman–Crippen MR) is 125 cm³/mol. The number of nitrogens with one attached hydrogen (secondary N) is 1. The molecule has 1 aliphatic rings. The number of nitrogens with zero attached hydrogens (tertiary/aromatic N) is 3. The van der Waals surface area contributed by atoms with E-state index in [4.69, 9.17) is 22.3 Å². The fraction of sp³-hybridized carbons (Fsp3) is 0.609. The Morgan fingerprint density at radius 1 is 1.07 bits per heavy atom. The van der Waals surface area contributed by atoms with Gasteiger partial charge in [-0.15, -0.1) is 0 Å². The molecule has 0 amide bonds. The Labute approximate surface area is 180 Å². The highest BCUT2D eigenvalue weighted by atomic mass is 35.5. The van der Waals surface area contributed by atoms with Crippen LogP contribution in [0.2, 0.25) is 5.02 Å². The molecule has 1 aromatic carbocycles. The number of nitrogens with two attached hydrogens (primary N) is 1. The van der Waals surface area contributed by atoms with Crippen molar-refractivity contribution in [1.29, 1.82) is 0 Å². The number of hydrogen-bond acceptors (Lipinski definition) is 5. The number of nitrogen functional groups attached to an aromatic ring is 1. The van der Waals surface area contributed by atoms with Crippen LogP contribution >= 0.6 is 11.6 Å². The van der Waals surface area contributed by atoms with Gasteiger partial charge in [-0.25, -0.2) is 0 Å². The second kappa shape index (κ2) is 11.1. The molecule has 0 atom stereocenters. The lowest BCUT2D eigenvalue weighted by atomic mass is 10.1. The molecular weight excluding hydrogens is 382 g/mol. The molecule has 0 unspecified atom stereocenters. The monoisotopic (exact) mass is 417 g/mol. The zero-order chi connectivity index (χ0) is 20.6. The minimum Gasteiger partial charge on any atom is -0.398 e. The Morgan fingerprint density at radius 3 is 2.45 bits per heavy atom. The van der Waals surface area contributed by atoms with Crippen molar-refractivity contribution < 1.29 is 0 Å². The number of pyridine rings is 1. The van der Waals surface area contributed by atoms with E-state index in [-0.39, 0.29) is 0 Å². The number of piperazine rings is 1. The van der Waals surface area contributed by atoms with Crippen molar-refractivity contribution in [2.75, 3.05) is 58.1 Å². The summed E-state index contributed by atoms with van der Waals surface area (Å²) in [6.07, 6.45) is 3.30. The molecule has 0 saturated carbocycles. The van der Waals surface area contributed by atoms with Gasteiger partial charge in [0.2, 0.25) is 0 Å². The van der Waals surface area contributed by atoms with Gasteiger partial charge < -0.3 is 20.9 Å². The molecule has 160 valence electrons. The summed E-state index contributed by atoms with van der Waals surface area (Å²) in [6.45, 7) is 13.8. The van der Waals surface area contributed by atoms with Crippen molar-refractivity contribution in [3.63, 3.8) is 0 Å². The fourth-order valence-corrected chi connectivity index (χ4v) is 4.12. The minimum absolute atomic E-state index is 0.704. The van der Waals surface area contributed by atoms with Crippen molar-refractivity contribution >= 4 is 28.2 Å². The van der Waals surface area contributed by atoms with E-state index in [1.807, 2.05) is 24.3 Å². The highest BCUT2D eigenvalue weighted by Crippen LogP contribution is 2.24. The maximum Gasteiger partial charge on any atom is 0.0740 e. The molecule has 0 spiro atoms. The Morgan fingerprint density at radius 2 is 1.76 bits per heavy atom. The first-order valence-corrected chi connectivity index (χ1v) is 11.4. The lowest BCUT2D eigenvalue weighted by molar-refractivity contribution is 0.130. The van der Waals surface area contributed by atoms with Gasteiger partial charge in [-0.3, -0.25) is 4.98 Å². The minimum atomic E-state index is 0.704. The molecule has 5 nitrogen and oxygen atoms in total. The van der Waals surface area contributed by atoms with E-state index >= 15 is 0 Å². The number of anilines is 1. The summed E-state index contributed by atoms with van der Waals surface area (Å²) in [4.78, 5) is 9.93. The van der Waals surface area contributed by atoms with Crippen molar-refractivity contribution in [3.05, 3.63) is 35.0 Å². The molecule has 3 rings (SSSR count). The number of fused-ring (bicyclic) bond motifs is 1. The van der Waals surface area contributed by atoms with Gasteiger partial charge in [-0.05, 0) is 75.6 Å². The van der Waals surface area contributed by atoms with Crippen LogP contribution in [0, 0.1) is 5.92 Å². The van der Waals surface area contributed by atoms with Crippen LogP contribution in [0.25, 0.3) is 10.9 Å². The third-order valence-corrected chi connectivity index (χ3v) is 5.84. The van der Waals surface area contributed by atoms with Gasteiger partial charge >= 0.3 is 0 Å². The lowest BCUT2D eigenvalue weighted by Crippen LogP contribution is -2.47. The molecular formula is C23H36ClN5. The quantitative estimate of drug-likeness (QED) is 0.578. The molecule has 2 heterocycles. The summed E-state index contributed by atoms with van der Waals surface area (Å²) in [5, 5.41) is 5.22. The summed E-state index contributed by atoms with van der Waals surface area (Å²) in [5.74, 6) is 0.734. The topological polar surface area (TPSA) is 57.4 Å². The number of aromatic nitrogens is 1. The molecule has 0 radical (unpaired) electrons. The summed E-state index contributed by atoms with van der Waals surface area (Å²) >= 11 is 6.11. The van der Waals surface area contributed by atoms with Crippen LogP contribution in [0.5, 0.6) is 0 Å². The second-order valence-electron chi connectivity index (χ2n) is 8.60. The van der Waals surface area contributed by atoms with Gasteiger partial charge in [0.1, 0.15) is 0 Å². The maximum absolute atomic E-state index is 6.21. The van der Waals surface area contributed by atoms with E-state index in [2.05, 4.69) is 29.0 Å². The molecule has 1 aromatic heterocycles. The number of halogens is 1. The van der Waals surface area contributed by atoms with E-state index < -0.39 is 0 Å². The standard InChI is InChI=1S/C23H36ClN5/c1-18(2)17-26-8-4-10-29-13-11-28(12-14-29)9-3-5-20-16-22(25)21-7-6-19(24)15-23(21)27-20/h6-7,15-16,18,26H,3-5,8-14,17H2,1-2H3,(H2,25,27). The van der Waals surface area contributed by atoms with Crippen molar-refractivity contribution in [1.82, 2.24) is 20.1 Å². The summed E-state index contributed by atoms with van der Waals surface area (Å²) in [7, 11) is 0. The second-order valence-corrected chi connectivity index (χ2v) is 9.04. The fourth-order valence-electron chi connectivity index (χ4n) is 3.95. The van der Waals surface area contributed by atoms with Crippen LogP contribution in [0.1, 0.15) is 32.4 Å². The van der Waals surface area contributed by atoms with Gasteiger partial charge in [0.15, 0.2) is 0 Å². The van der Waals surface area contributed by atoms with E-state index in [0.29, 0.717) is 5.02 Å². The van der Waals surface area contributed by atoms with Crippen LogP contribution < -0.4 is 11.1 Å². The van der Waals surface area contributed by atoms with Gasteiger partial charge in [0, 0.05) is 48.0 Å². The van der Waals surface area contributed by atoms with Gasteiger partial charge in [0.05, 0.1) is 5.52 Å². The van der Waals surface area contributed by atoms with Gasteiger partial charge in [-0.2, -0.15) is 0 Å². The van der Waals surface area contributed by atoms with Crippen LogP contribution in [0.4, 0.5) is 5.69 Å². The Kier molecular flexibility index (Phi) is 8.54. The molecule has 1 aliphatic heterocycles. The smallest absolute Gasteiger partial charge is 0.0740 e. The SMILES string of the molecule is CC(C)CNCCCN1CCN(CCCc2cc(N)c3ccc(Cl)cc3n2)CC1. The zero-order valence-corrected chi connectivity index (χ0v) is 18.7. The average molecular weight is 418 g/mol. The lowest BCUT2D eigenvalue weighted by Gasteiger charge is -2.34. The summed E-state index contributed by atoms with van der Waals surface area (Å²) < 4.78 is 0. The number of rotatable bonds is 10. The van der Waals surface area contributed by atoms with Crippen LogP contribution in [-0.4, -0.2) is 67.1 Å². The molecule has 6 heteroatoms. The first-order valence-electron chi connectivity index (χ1n) is 11.0. The predicted octanol–water partition coefficient (Wildman–Crippen LogP) is 3.66. The van der Waals surface area contributed by atoms with Crippen molar-refractivity contribution in [2.45, 2.75) is 33.1 Å². The van der Waals surface area contributed by atoms with E-state index in [0.717, 1.165) is 60.7 Å². The number of aryl methyl sites for hydroxylation is 1. The zero-order valence-electron chi connectivity index (χ0n) is 18.0. The van der Waals surface area contributed by atoms with Crippen molar-refractivity contribution in [3.8, 4) is 0 Å². The highest BCUT2D eigenvalue weighted by molar-refractivity contribution is 6.31. The molecule has 29 heavy (non-hydrogen) atoms. The third-order valence-electron chi connectivity index (χ3n) is 5.61. The van der Waals surface area contributed by atoms with E-state index in [9.17, 15) is 0 Å². The summed E-state index contributed by atoms with van der Waals surface area (Å²) in [5.41, 5.74) is 8.95. The van der Waals surface area contributed by atoms with E-state index in [1.54, 1.807) is 0 Å². The molecule has 2 aromatic rings. The molecule has 1 saturated heterocycles. The van der Waals surface area contributed by atoms with Crippen molar-refractivity contribution in [2.24, 2.45) is 5.92 Å². The number of benzene rings is 1. The third kappa shape index (κ3) is 7.10. The number of hydrogen-bond donors (Lipinski definition) is 2. The molecule has 0 bridgehead atoms. The van der Waals surface area contributed by atoms with Crippen LogP contribution in [-0.2, 0) is 6.42 Å². The van der Waals surface area contributed by atoms with Crippen LogP contribution in [0.15, 0.2) is 24.3 Å². The van der Waals surface area contributed by atoms with Gasteiger partial charge in [0.25, 0.3) is 0 Å². The van der Waals surface area contributed by atoms with Gasteiger partial charge in [-0.1, -0.05) is 25.4 Å². The van der Waals surface area contributed by atoms with E-state index in [1.165, 1.54) is 39.1 Å². The molecule has 0 aliphatic carbocycles. The highest BCUT2D eigenvalue weighted by Gasteiger charge is 2.16. The maximum atomic E-state index is 6.21. The first kappa shape index (κ1) is 22.3. The Bertz CT molecular complexity index is 771. The molecule has 1 fully saturated rings. The molecule has 3 N–H and O–H groups in total.